The van der Waals surface area contributed by atoms with Gasteiger partial charge in [-0.05, 0) is 38.7 Å². The first-order chi connectivity index (χ1) is 9.33. The van der Waals surface area contributed by atoms with Crippen LogP contribution in [0.5, 0.6) is 0 Å². The topological polar surface area (TPSA) is 87.3 Å². The summed E-state index contributed by atoms with van der Waals surface area (Å²) in [5, 5.41) is 5.69. The number of carbonyl (C=O) groups excluding carboxylic acids is 1. The quantitative estimate of drug-likeness (QED) is 0.727. The van der Waals surface area contributed by atoms with Crippen molar-refractivity contribution in [2.45, 2.75) is 18.7 Å². The van der Waals surface area contributed by atoms with Crippen LogP contribution in [0.3, 0.4) is 0 Å². The molecule has 1 amide bonds. The average Bonchev–Trinajstić information content (AvgIpc) is 2.41. The van der Waals surface area contributed by atoms with Gasteiger partial charge in [0, 0.05) is 18.2 Å². The zero-order chi connectivity index (χ0) is 15.3. The van der Waals surface area contributed by atoms with Crippen LogP contribution in [0.4, 0.5) is 5.69 Å². The molecule has 0 saturated heterocycles. The molecule has 1 atom stereocenters. The number of sulfonamides is 1. The Kier molecular flexibility index (Phi) is 7.87. The molecule has 0 aromatic heterocycles. The molecule has 21 heavy (non-hydrogen) atoms. The third-order valence-corrected chi connectivity index (χ3v) is 4.62. The summed E-state index contributed by atoms with van der Waals surface area (Å²) in [6, 6.07) is 4.80. The number of carbonyl (C=O) groups is 1. The van der Waals surface area contributed by atoms with Crippen molar-refractivity contribution in [1.82, 2.24) is 10.0 Å². The number of rotatable bonds is 6. The molecule has 0 radical (unpaired) electrons. The Morgan fingerprint density at radius 2 is 1.90 bits per heavy atom. The van der Waals surface area contributed by atoms with Crippen molar-refractivity contribution in [2.24, 2.45) is 5.92 Å². The molecular formula is C13H22ClN3O3S. The molecule has 1 unspecified atom stereocenters. The zero-order valence-electron chi connectivity index (χ0n) is 12.6. The first kappa shape index (κ1) is 19.9. The van der Waals surface area contributed by atoms with Crippen LogP contribution in [0.25, 0.3) is 0 Å². The second kappa shape index (κ2) is 8.33. The van der Waals surface area contributed by atoms with Crippen LogP contribution >= 0.6 is 12.4 Å². The summed E-state index contributed by atoms with van der Waals surface area (Å²) in [6.45, 7) is 4.03. The van der Waals surface area contributed by atoms with Crippen LogP contribution in [0, 0.1) is 12.8 Å². The highest BCUT2D eigenvalue weighted by Crippen LogP contribution is 2.23. The van der Waals surface area contributed by atoms with Crippen molar-refractivity contribution in [1.29, 1.82) is 0 Å². The normalized spacial score (nSPS) is 12.4. The van der Waals surface area contributed by atoms with Crippen LogP contribution in [0.15, 0.2) is 23.1 Å². The maximum atomic E-state index is 12.0. The Hall–Kier alpha value is -1.15. The SMILES string of the molecule is CNCC(C)C(=O)Nc1cccc(S(=O)(=O)NC)c1C.Cl. The summed E-state index contributed by atoms with van der Waals surface area (Å²) in [6.07, 6.45) is 0. The van der Waals surface area contributed by atoms with Crippen LogP contribution in [0.2, 0.25) is 0 Å². The highest BCUT2D eigenvalue weighted by atomic mass is 35.5. The fourth-order valence-electron chi connectivity index (χ4n) is 1.81. The molecule has 3 N–H and O–H groups in total. The van der Waals surface area contributed by atoms with Gasteiger partial charge in [0.25, 0.3) is 0 Å². The summed E-state index contributed by atoms with van der Waals surface area (Å²) >= 11 is 0. The van der Waals surface area contributed by atoms with Crippen molar-refractivity contribution in [3.8, 4) is 0 Å². The number of benzene rings is 1. The maximum Gasteiger partial charge on any atom is 0.240 e. The molecule has 0 saturated carbocycles. The summed E-state index contributed by atoms with van der Waals surface area (Å²) in [5.74, 6) is -0.356. The molecule has 0 aliphatic carbocycles. The fraction of sp³-hybridized carbons (Fsp3) is 0.462. The number of hydrogen-bond donors (Lipinski definition) is 3. The molecule has 0 fully saturated rings. The average molecular weight is 336 g/mol. The summed E-state index contributed by atoms with van der Waals surface area (Å²) in [5.41, 5.74) is 1.03. The Morgan fingerprint density at radius 1 is 1.29 bits per heavy atom. The second-order valence-electron chi connectivity index (χ2n) is 4.58. The van der Waals surface area contributed by atoms with E-state index in [1.165, 1.54) is 13.1 Å². The number of halogens is 1. The van der Waals surface area contributed by atoms with E-state index in [0.29, 0.717) is 17.8 Å². The standard InChI is InChI=1S/C13H21N3O3S.ClH/c1-9(8-14-3)13(17)16-11-6-5-7-12(10(11)2)20(18,19)15-4;/h5-7,9,14-15H,8H2,1-4H3,(H,16,17);1H. The lowest BCUT2D eigenvalue weighted by molar-refractivity contribution is -0.119. The Morgan fingerprint density at radius 3 is 2.43 bits per heavy atom. The van der Waals surface area contributed by atoms with E-state index in [-0.39, 0.29) is 29.1 Å². The first-order valence-electron chi connectivity index (χ1n) is 6.32. The lowest BCUT2D eigenvalue weighted by atomic mass is 10.1. The van der Waals surface area contributed by atoms with Crippen molar-refractivity contribution in [3.63, 3.8) is 0 Å². The van der Waals surface area contributed by atoms with Gasteiger partial charge in [0.05, 0.1) is 4.90 Å². The van der Waals surface area contributed by atoms with E-state index in [1.807, 2.05) is 0 Å². The molecule has 8 heteroatoms. The minimum absolute atomic E-state index is 0. The molecular weight excluding hydrogens is 314 g/mol. The number of nitrogens with one attached hydrogen (secondary N) is 3. The minimum atomic E-state index is -3.53. The third-order valence-electron chi connectivity index (χ3n) is 3.06. The maximum absolute atomic E-state index is 12.0. The molecule has 1 aromatic carbocycles. The van der Waals surface area contributed by atoms with Gasteiger partial charge in [0.2, 0.25) is 15.9 Å². The third kappa shape index (κ3) is 4.96. The number of amides is 1. The molecule has 0 spiro atoms. The van der Waals surface area contributed by atoms with E-state index >= 15 is 0 Å². The molecule has 1 aromatic rings. The molecule has 0 bridgehead atoms. The van der Waals surface area contributed by atoms with Gasteiger partial charge in [-0.1, -0.05) is 13.0 Å². The molecule has 0 aliphatic rings. The van der Waals surface area contributed by atoms with Crippen LogP contribution in [-0.4, -0.2) is 35.0 Å². The Bertz CT molecular complexity index is 590. The minimum Gasteiger partial charge on any atom is -0.326 e. The van der Waals surface area contributed by atoms with Gasteiger partial charge in [-0.2, -0.15) is 0 Å². The van der Waals surface area contributed by atoms with Crippen molar-refractivity contribution < 1.29 is 13.2 Å². The predicted molar refractivity (Wildman–Crippen MR) is 86.4 cm³/mol. The molecule has 0 heterocycles. The summed E-state index contributed by atoms with van der Waals surface area (Å²) < 4.78 is 26.0. The molecule has 6 nitrogen and oxygen atoms in total. The molecule has 0 aliphatic heterocycles. The van der Waals surface area contributed by atoms with Gasteiger partial charge in [0.15, 0.2) is 0 Å². The van der Waals surface area contributed by atoms with Gasteiger partial charge in [-0.25, -0.2) is 13.1 Å². The first-order valence-corrected chi connectivity index (χ1v) is 7.80. The summed E-state index contributed by atoms with van der Waals surface area (Å²) in [4.78, 5) is 12.1. The largest absolute Gasteiger partial charge is 0.326 e. The van der Waals surface area contributed by atoms with Crippen molar-refractivity contribution >= 4 is 34.0 Å². The van der Waals surface area contributed by atoms with Crippen molar-refractivity contribution in [2.75, 3.05) is 26.0 Å². The smallest absolute Gasteiger partial charge is 0.240 e. The van der Waals surface area contributed by atoms with Crippen LogP contribution in [-0.2, 0) is 14.8 Å². The van der Waals surface area contributed by atoms with Crippen LogP contribution in [0.1, 0.15) is 12.5 Å². The van der Waals surface area contributed by atoms with E-state index in [2.05, 4.69) is 15.4 Å². The Labute approximate surface area is 132 Å². The number of hydrogen-bond acceptors (Lipinski definition) is 4. The van der Waals surface area contributed by atoms with Crippen molar-refractivity contribution in [3.05, 3.63) is 23.8 Å². The van der Waals surface area contributed by atoms with Gasteiger partial charge < -0.3 is 10.6 Å². The lowest BCUT2D eigenvalue weighted by Gasteiger charge is -2.15. The zero-order valence-corrected chi connectivity index (χ0v) is 14.2. The van der Waals surface area contributed by atoms with Crippen LogP contribution < -0.4 is 15.4 Å². The second-order valence-corrected chi connectivity index (χ2v) is 6.44. The van der Waals surface area contributed by atoms with E-state index in [9.17, 15) is 13.2 Å². The van der Waals surface area contributed by atoms with E-state index in [0.717, 1.165) is 0 Å². The van der Waals surface area contributed by atoms with Gasteiger partial charge in [-0.3, -0.25) is 4.79 Å². The predicted octanol–water partition coefficient (Wildman–Crippen LogP) is 1.12. The van der Waals surface area contributed by atoms with E-state index < -0.39 is 10.0 Å². The monoisotopic (exact) mass is 335 g/mol. The highest BCUT2D eigenvalue weighted by Gasteiger charge is 2.18. The molecule has 1 rings (SSSR count). The van der Waals surface area contributed by atoms with Gasteiger partial charge >= 0.3 is 0 Å². The van der Waals surface area contributed by atoms with Gasteiger partial charge in [0.1, 0.15) is 0 Å². The molecule has 120 valence electrons. The van der Waals surface area contributed by atoms with Gasteiger partial charge in [-0.15, -0.1) is 12.4 Å². The Balaban J connectivity index is 0.00000400. The highest BCUT2D eigenvalue weighted by molar-refractivity contribution is 7.89. The van der Waals surface area contributed by atoms with E-state index in [4.69, 9.17) is 0 Å². The fourth-order valence-corrected chi connectivity index (χ4v) is 2.80. The summed E-state index contributed by atoms with van der Waals surface area (Å²) in [7, 11) is -0.402. The lowest BCUT2D eigenvalue weighted by Crippen LogP contribution is -2.29. The van der Waals surface area contributed by atoms with E-state index in [1.54, 1.807) is 33.0 Å². The number of anilines is 1.